The van der Waals surface area contributed by atoms with Gasteiger partial charge in [-0.1, -0.05) is 34.1 Å². The first-order valence-corrected chi connectivity index (χ1v) is 13.0. The van der Waals surface area contributed by atoms with Crippen LogP contribution in [0.25, 0.3) is 0 Å². The Hall–Kier alpha value is -1.16. The summed E-state index contributed by atoms with van der Waals surface area (Å²) in [5.74, 6) is 1.34. The number of rotatable bonds is 2. The average Bonchev–Trinajstić information content (AvgIpc) is 2.51. The van der Waals surface area contributed by atoms with E-state index in [1.807, 2.05) is 6.92 Å². The van der Waals surface area contributed by atoms with Crippen molar-refractivity contribution in [3.8, 4) is 0 Å². The van der Waals surface area contributed by atoms with E-state index >= 15 is 0 Å². The van der Waals surface area contributed by atoms with Crippen molar-refractivity contribution in [3.05, 3.63) is 23.0 Å². The molecule has 144 valence electrons. The third-order valence-electron chi connectivity index (χ3n) is 7.36. The summed E-state index contributed by atoms with van der Waals surface area (Å²) < 4.78 is 6.78. The Morgan fingerprint density at radius 2 is 1.85 bits per heavy atom. The van der Waals surface area contributed by atoms with Crippen LogP contribution in [0.15, 0.2) is 23.0 Å². The van der Waals surface area contributed by atoms with Crippen LogP contribution in [-0.2, 0) is 14.0 Å². The second-order valence-corrected chi connectivity index (χ2v) is 15.0. The standard InChI is InChI=1S/C22H34O3Si/c1-14-12-17(23)19-16-11-9-8-10-15(16)18(13-22(19,5)20(14)24)25-26(6,7)21(2,3)4/h12,16,19H,8-11,13H2,1-7H3/t16-,19-,22+/m1/s1. The number of hydrogen-bond donors (Lipinski definition) is 0. The normalized spacial score (nSPS) is 32.8. The van der Waals surface area contributed by atoms with E-state index in [-0.39, 0.29) is 28.4 Å². The number of carbonyl (C=O) groups excluding carboxylic acids is 2. The second-order valence-electron chi connectivity index (χ2n) is 10.3. The maximum Gasteiger partial charge on any atom is 0.250 e. The van der Waals surface area contributed by atoms with E-state index in [0.29, 0.717) is 12.0 Å². The molecule has 1 fully saturated rings. The molecule has 0 aromatic carbocycles. The van der Waals surface area contributed by atoms with Gasteiger partial charge in [0.15, 0.2) is 11.6 Å². The van der Waals surface area contributed by atoms with Crippen molar-refractivity contribution in [3.63, 3.8) is 0 Å². The summed E-state index contributed by atoms with van der Waals surface area (Å²) in [6.45, 7) is 15.1. The fourth-order valence-corrected chi connectivity index (χ4v) is 6.00. The van der Waals surface area contributed by atoms with Gasteiger partial charge in [-0.15, -0.1) is 0 Å². The number of allylic oxidation sites excluding steroid dienone is 4. The van der Waals surface area contributed by atoms with E-state index in [0.717, 1.165) is 31.4 Å². The van der Waals surface area contributed by atoms with E-state index in [1.165, 1.54) is 5.57 Å². The minimum atomic E-state index is -1.98. The van der Waals surface area contributed by atoms with Gasteiger partial charge in [-0.05, 0) is 67.5 Å². The summed E-state index contributed by atoms with van der Waals surface area (Å²) in [4.78, 5) is 26.0. The molecule has 3 atom stereocenters. The van der Waals surface area contributed by atoms with Crippen LogP contribution in [0.5, 0.6) is 0 Å². The zero-order valence-corrected chi connectivity index (χ0v) is 18.5. The lowest BCUT2D eigenvalue weighted by atomic mass is 9.54. The van der Waals surface area contributed by atoms with E-state index in [2.05, 4.69) is 33.9 Å². The lowest BCUT2D eigenvalue weighted by molar-refractivity contribution is -0.139. The predicted molar refractivity (Wildman–Crippen MR) is 107 cm³/mol. The molecule has 0 saturated heterocycles. The van der Waals surface area contributed by atoms with Gasteiger partial charge in [-0.3, -0.25) is 9.59 Å². The van der Waals surface area contributed by atoms with Crippen LogP contribution < -0.4 is 0 Å². The first-order chi connectivity index (χ1) is 11.9. The number of fused-ring (bicyclic) bond motifs is 3. The summed E-state index contributed by atoms with van der Waals surface area (Å²) >= 11 is 0. The van der Waals surface area contributed by atoms with Crippen LogP contribution in [0.4, 0.5) is 0 Å². The lowest BCUT2D eigenvalue weighted by Crippen LogP contribution is -2.52. The number of Topliss-reactive ketones (excluding diaryl/α,β-unsaturated/α-hetero) is 1. The summed E-state index contributed by atoms with van der Waals surface area (Å²) in [6.07, 6.45) is 6.51. The van der Waals surface area contributed by atoms with Gasteiger partial charge in [0.05, 0.1) is 5.76 Å². The first-order valence-electron chi connectivity index (χ1n) is 10.1. The Bertz CT molecular complexity index is 707. The third-order valence-corrected chi connectivity index (χ3v) is 11.7. The maximum atomic E-state index is 13.1. The quantitative estimate of drug-likeness (QED) is 0.593. The number of hydrogen-bond acceptors (Lipinski definition) is 3. The molecule has 3 aliphatic carbocycles. The molecule has 0 aromatic heterocycles. The van der Waals surface area contributed by atoms with Crippen LogP contribution in [0, 0.1) is 17.3 Å². The van der Waals surface area contributed by atoms with Crippen LogP contribution in [0.2, 0.25) is 18.1 Å². The molecule has 3 nitrogen and oxygen atoms in total. The first kappa shape index (κ1) is 19.6. The summed E-state index contributed by atoms with van der Waals surface area (Å²) in [5.41, 5.74) is 1.32. The van der Waals surface area contributed by atoms with Gasteiger partial charge >= 0.3 is 0 Å². The van der Waals surface area contributed by atoms with Gasteiger partial charge < -0.3 is 4.43 Å². The fourth-order valence-electron chi connectivity index (χ4n) is 4.87. The van der Waals surface area contributed by atoms with Crippen molar-refractivity contribution >= 4 is 19.9 Å². The van der Waals surface area contributed by atoms with E-state index in [1.54, 1.807) is 13.0 Å². The topological polar surface area (TPSA) is 43.4 Å². The van der Waals surface area contributed by atoms with Crippen LogP contribution in [-0.4, -0.2) is 19.9 Å². The molecule has 0 bridgehead atoms. The highest BCUT2D eigenvalue weighted by atomic mass is 28.4. The highest BCUT2D eigenvalue weighted by Gasteiger charge is 2.56. The van der Waals surface area contributed by atoms with Gasteiger partial charge in [0.2, 0.25) is 8.32 Å². The Labute approximate surface area is 159 Å². The fraction of sp³-hybridized carbons (Fsp3) is 0.727. The Balaban J connectivity index is 2.08. The molecule has 0 heterocycles. The molecule has 1 saturated carbocycles. The summed E-state index contributed by atoms with van der Waals surface area (Å²) in [5, 5.41) is 0.116. The van der Waals surface area contributed by atoms with Crippen molar-refractivity contribution in [2.45, 2.75) is 84.9 Å². The van der Waals surface area contributed by atoms with Crippen molar-refractivity contribution in [2.24, 2.45) is 17.3 Å². The van der Waals surface area contributed by atoms with Gasteiger partial charge in [0, 0.05) is 17.8 Å². The average molecular weight is 375 g/mol. The summed E-state index contributed by atoms with van der Waals surface area (Å²) in [7, 11) is -1.98. The smallest absolute Gasteiger partial charge is 0.250 e. The van der Waals surface area contributed by atoms with Crippen LogP contribution in [0.1, 0.15) is 66.7 Å². The zero-order valence-electron chi connectivity index (χ0n) is 17.5. The van der Waals surface area contributed by atoms with Gasteiger partial charge in [0.25, 0.3) is 0 Å². The van der Waals surface area contributed by atoms with Crippen molar-refractivity contribution in [2.75, 3.05) is 0 Å². The van der Waals surface area contributed by atoms with Gasteiger partial charge in [0.1, 0.15) is 0 Å². The van der Waals surface area contributed by atoms with Crippen molar-refractivity contribution in [1.82, 2.24) is 0 Å². The minimum absolute atomic E-state index is 0.116. The Kier molecular flexibility index (Phi) is 4.66. The van der Waals surface area contributed by atoms with Crippen LogP contribution >= 0.6 is 0 Å². The molecule has 4 heteroatoms. The zero-order chi connectivity index (χ0) is 19.5. The second kappa shape index (κ2) is 6.18. The monoisotopic (exact) mass is 374 g/mol. The molecule has 0 spiro atoms. The highest BCUT2D eigenvalue weighted by Crippen LogP contribution is 2.56. The Morgan fingerprint density at radius 3 is 2.46 bits per heavy atom. The lowest BCUT2D eigenvalue weighted by Gasteiger charge is -2.50. The minimum Gasteiger partial charge on any atom is -0.547 e. The molecule has 0 aromatic rings. The maximum absolute atomic E-state index is 13.1. The Morgan fingerprint density at radius 1 is 1.19 bits per heavy atom. The number of ketones is 2. The molecule has 0 aliphatic heterocycles. The van der Waals surface area contributed by atoms with Crippen molar-refractivity contribution in [1.29, 1.82) is 0 Å². The molecular weight excluding hydrogens is 340 g/mol. The SMILES string of the molecule is CC1=CC(=O)[C@H]2[C@@H]3CCCCC3=C(O[Si](C)(C)C(C)(C)C)C[C@]2(C)C1=O. The predicted octanol–water partition coefficient (Wildman–Crippen LogP) is 5.58. The van der Waals surface area contributed by atoms with E-state index < -0.39 is 13.7 Å². The third kappa shape index (κ3) is 2.94. The molecule has 0 unspecified atom stereocenters. The van der Waals surface area contributed by atoms with E-state index in [9.17, 15) is 9.59 Å². The summed E-state index contributed by atoms with van der Waals surface area (Å²) in [6, 6.07) is 0. The van der Waals surface area contributed by atoms with Crippen LogP contribution in [0.3, 0.4) is 0 Å². The molecule has 3 aliphatic rings. The molecule has 0 N–H and O–H groups in total. The highest BCUT2D eigenvalue weighted by molar-refractivity contribution is 6.74. The van der Waals surface area contributed by atoms with Gasteiger partial charge in [-0.25, -0.2) is 0 Å². The van der Waals surface area contributed by atoms with Gasteiger partial charge in [-0.2, -0.15) is 0 Å². The largest absolute Gasteiger partial charge is 0.547 e. The molecular formula is C22H34O3Si. The van der Waals surface area contributed by atoms with E-state index in [4.69, 9.17) is 4.43 Å². The molecule has 0 radical (unpaired) electrons. The molecule has 3 rings (SSSR count). The molecule has 0 amide bonds. The molecule has 26 heavy (non-hydrogen) atoms. The van der Waals surface area contributed by atoms with Crippen molar-refractivity contribution < 1.29 is 14.0 Å². The number of carbonyl (C=O) groups is 2.